The molecular weight excluding hydrogens is 402 g/mol. The predicted octanol–water partition coefficient (Wildman–Crippen LogP) is 3.61. The summed E-state index contributed by atoms with van der Waals surface area (Å²) in [4.78, 5) is 36.1. The van der Waals surface area contributed by atoms with Crippen LogP contribution in [0.25, 0.3) is 22.5 Å². The fourth-order valence-corrected chi connectivity index (χ4v) is 3.82. The number of benzene rings is 1. The van der Waals surface area contributed by atoms with E-state index in [4.69, 9.17) is 0 Å². The molecule has 7 heteroatoms. The van der Waals surface area contributed by atoms with Crippen LogP contribution in [0.3, 0.4) is 0 Å². The minimum atomic E-state index is -0.0798. The molecule has 1 aliphatic rings. The van der Waals surface area contributed by atoms with Gasteiger partial charge in [-0.15, -0.1) is 0 Å². The van der Waals surface area contributed by atoms with Crippen molar-refractivity contribution in [2.24, 2.45) is 0 Å². The average molecular weight is 423 g/mol. The summed E-state index contributed by atoms with van der Waals surface area (Å²) in [5.41, 5.74) is 6.93. The van der Waals surface area contributed by atoms with Gasteiger partial charge in [-0.25, -0.2) is 0 Å². The predicted molar refractivity (Wildman–Crippen MR) is 122 cm³/mol. The summed E-state index contributed by atoms with van der Waals surface area (Å²) in [6, 6.07) is 17.1. The van der Waals surface area contributed by atoms with Crippen molar-refractivity contribution in [1.29, 1.82) is 0 Å². The number of aromatic nitrogens is 3. The van der Waals surface area contributed by atoms with Gasteiger partial charge in [0.2, 0.25) is 5.91 Å². The molecule has 0 unspecified atom stereocenters. The van der Waals surface area contributed by atoms with Crippen LogP contribution in [0.5, 0.6) is 0 Å². The second-order valence-electron chi connectivity index (χ2n) is 7.67. The van der Waals surface area contributed by atoms with Gasteiger partial charge in [-0.3, -0.25) is 19.6 Å². The highest BCUT2D eigenvalue weighted by atomic mass is 16.2. The first-order chi connectivity index (χ1) is 15.7. The smallest absolute Gasteiger partial charge is 0.253 e. The summed E-state index contributed by atoms with van der Waals surface area (Å²) in [5.74, 6) is -0.117. The fourth-order valence-electron chi connectivity index (χ4n) is 3.82. The monoisotopic (exact) mass is 423 g/mol. The maximum absolute atomic E-state index is 12.3. The van der Waals surface area contributed by atoms with Gasteiger partial charge >= 0.3 is 0 Å². The second-order valence-corrected chi connectivity index (χ2v) is 7.67. The Morgan fingerprint density at radius 3 is 2.56 bits per heavy atom. The first-order valence-corrected chi connectivity index (χ1v) is 10.4. The van der Waals surface area contributed by atoms with Gasteiger partial charge in [-0.05, 0) is 48.0 Å². The molecule has 0 saturated heterocycles. The SMILES string of the molecule is O=C(Cc1ccncc1)Nc1ccc(-c2cc(-c3cc4c([nH]3)CCNC4=O)ccn2)cc1. The van der Waals surface area contributed by atoms with E-state index in [0.29, 0.717) is 18.5 Å². The molecular formula is C25H21N5O2. The van der Waals surface area contributed by atoms with E-state index in [1.54, 1.807) is 18.6 Å². The van der Waals surface area contributed by atoms with Crippen LogP contribution in [-0.2, 0) is 17.6 Å². The highest BCUT2D eigenvalue weighted by molar-refractivity contribution is 5.98. The lowest BCUT2D eigenvalue weighted by Gasteiger charge is -2.11. The van der Waals surface area contributed by atoms with Gasteiger partial charge in [0.05, 0.1) is 17.7 Å². The molecule has 32 heavy (non-hydrogen) atoms. The van der Waals surface area contributed by atoms with Gasteiger partial charge in [0.15, 0.2) is 0 Å². The molecule has 0 atom stereocenters. The first-order valence-electron chi connectivity index (χ1n) is 10.4. The van der Waals surface area contributed by atoms with E-state index in [2.05, 4.69) is 25.6 Å². The minimum Gasteiger partial charge on any atom is -0.358 e. The van der Waals surface area contributed by atoms with Crippen molar-refractivity contribution in [3.05, 3.63) is 90.0 Å². The lowest BCUT2D eigenvalue weighted by Crippen LogP contribution is -2.31. The molecule has 0 fully saturated rings. The Kier molecular flexibility index (Phi) is 5.21. The Balaban J connectivity index is 1.31. The number of aromatic amines is 1. The minimum absolute atomic E-state index is 0.0374. The van der Waals surface area contributed by atoms with Crippen LogP contribution >= 0.6 is 0 Å². The number of rotatable bonds is 5. The van der Waals surface area contributed by atoms with E-state index in [0.717, 1.165) is 45.9 Å². The van der Waals surface area contributed by atoms with E-state index in [-0.39, 0.29) is 11.8 Å². The Labute approximate surface area is 184 Å². The van der Waals surface area contributed by atoms with Gasteiger partial charge in [0.1, 0.15) is 0 Å². The Hall–Kier alpha value is -4.26. The number of amides is 2. The number of nitrogens with zero attached hydrogens (tertiary/aromatic N) is 2. The molecule has 2 amide bonds. The number of fused-ring (bicyclic) bond motifs is 1. The van der Waals surface area contributed by atoms with Gasteiger partial charge in [0, 0.05) is 59.8 Å². The van der Waals surface area contributed by atoms with Crippen molar-refractivity contribution in [1.82, 2.24) is 20.3 Å². The summed E-state index contributed by atoms with van der Waals surface area (Å²) in [5, 5.41) is 5.78. The lowest BCUT2D eigenvalue weighted by atomic mass is 10.1. The molecule has 3 aromatic heterocycles. The van der Waals surface area contributed by atoms with E-state index >= 15 is 0 Å². The number of nitrogens with one attached hydrogen (secondary N) is 3. The Morgan fingerprint density at radius 1 is 0.969 bits per heavy atom. The van der Waals surface area contributed by atoms with Crippen molar-refractivity contribution >= 4 is 17.5 Å². The number of carbonyl (C=O) groups is 2. The summed E-state index contributed by atoms with van der Waals surface area (Å²) >= 11 is 0. The zero-order chi connectivity index (χ0) is 21.9. The van der Waals surface area contributed by atoms with E-state index in [1.165, 1.54) is 0 Å². The van der Waals surface area contributed by atoms with Crippen LogP contribution in [0.15, 0.2) is 73.2 Å². The number of anilines is 1. The topological polar surface area (TPSA) is 99.8 Å². The number of hydrogen-bond acceptors (Lipinski definition) is 4. The molecule has 0 aliphatic carbocycles. The van der Waals surface area contributed by atoms with Crippen LogP contribution in [0, 0.1) is 0 Å². The molecule has 3 N–H and O–H groups in total. The first kappa shape index (κ1) is 19.7. The fraction of sp³-hybridized carbons (Fsp3) is 0.120. The zero-order valence-electron chi connectivity index (χ0n) is 17.3. The van der Waals surface area contributed by atoms with Crippen molar-refractivity contribution in [2.75, 3.05) is 11.9 Å². The van der Waals surface area contributed by atoms with Crippen LogP contribution in [-0.4, -0.2) is 33.3 Å². The normalized spacial score (nSPS) is 12.7. The Bertz CT molecular complexity index is 1280. The van der Waals surface area contributed by atoms with E-state index in [1.807, 2.05) is 54.6 Å². The second kappa shape index (κ2) is 8.47. The summed E-state index contributed by atoms with van der Waals surface area (Å²) in [6.07, 6.45) is 6.21. The van der Waals surface area contributed by atoms with Crippen LogP contribution in [0.1, 0.15) is 21.6 Å². The van der Waals surface area contributed by atoms with Crippen molar-refractivity contribution in [3.63, 3.8) is 0 Å². The quantitative estimate of drug-likeness (QED) is 0.457. The highest BCUT2D eigenvalue weighted by Crippen LogP contribution is 2.27. The van der Waals surface area contributed by atoms with Crippen molar-refractivity contribution < 1.29 is 9.59 Å². The summed E-state index contributed by atoms with van der Waals surface area (Å²) in [6.45, 7) is 0.652. The number of carbonyl (C=O) groups excluding carboxylic acids is 2. The molecule has 1 aliphatic heterocycles. The maximum Gasteiger partial charge on any atom is 0.253 e. The molecule has 0 spiro atoms. The standard InChI is InChI=1S/C25H21N5O2/c31-24(13-16-5-9-26-10-6-16)29-19-3-1-17(2-4-19)22-14-18(7-11-27-22)23-15-20-21(30-23)8-12-28-25(20)32/h1-7,9-11,14-15,30H,8,12-13H2,(H,28,32)(H,29,31). The number of H-pyrrole nitrogens is 1. The van der Waals surface area contributed by atoms with Crippen LogP contribution in [0.4, 0.5) is 5.69 Å². The molecule has 0 bridgehead atoms. The Morgan fingerprint density at radius 2 is 1.78 bits per heavy atom. The molecule has 4 aromatic rings. The highest BCUT2D eigenvalue weighted by Gasteiger charge is 2.20. The van der Waals surface area contributed by atoms with E-state index < -0.39 is 0 Å². The molecule has 0 radical (unpaired) electrons. The number of hydrogen-bond donors (Lipinski definition) is 3. The molecule has 1 aromatic carbocycles. The third-order valence-electron chi connectivity index (χ3n) is 5.45. The molecule has 0 saturated carbocycles. The summed E-state index contributed by atoms with van der Waals surface area (Å²) < 4.78 is 0. The summed E-state index contributed by atoms with van der Waals surface area (Å²) in [7, 11) is 0. The number of pyridine rings is 2. The van der Waals surface area contributed by atoms with Gasteiger partial charge in [0.25, 0.3) is 5.91 Å². The lowest BCUT2D eigenvalue weighted by molar-refractivity contribution is -0.115. The third-order valence-corrected chi connectivity index (χ3v) is 5.45. The molecule has 7 nitrogen and oxygen atoms in total. The molecule has 4 heterocycles. The van der Waals surface area contributed by atoms with Gasteiger partial charge in [-0.2, -0.15) is 0 Å². The molecule has 158 valence electrons. The maximum atomic E-state index is 12.3. The largest absolute Gasteiger partial charge is 0.358 e. The zero-order valence-corrected chi connectivity index (χ0v) is 17.3. The third kappa shape index (κ3) is 4.13. The van der Waals surface area contributed by atoms with E-state index in [9.17, 15) is 9.59 Å². The van der Waals surface area contributed by atoms with Gasteiger partial charge < -0.3 is 15.6 Å². The van der Waals surface area contributed by atoms with Crippen molar-refractivity contribution in [2.45, 2.75) is 12.8 Å². The van der Waals surface area contributed by atoms with Gasteiger partial charge in [-0.1, -0.05) is 12.1 Å². The molecule has 5 rings (SSSR count). The van der Waals surface area contributed by atoms with Crippen molar-refractivity contribution in [3.8, 4) is 22.5 Å². The van der Waals surface area contributed by atoms with Crippen LogP contribution in [0.2, 0.25) is 0 Å². The average Bonchev–Trinajstić information content (AvgIpc) is 3.26. The van der Waals surface area contributed by atoms with Crippen LogP contribution < -0.4 is 10.6 Å².